The van der Waals surface area contributed by atoms with E-state index in [9.17, 15) is 0 Å². The van der Waals surface area contributed by atoms with Crippen LogP contribution in [-0.4, -0.2) is 19.0 Å². The molecule has 0 saturated heterocycles. The minimum absolute atomic E-state index is 1.26. The summed E-state index contributed by atoms with van der Waals surface area (Å²) in [5.74, 6) is 0. The first-order valence-electron chi connectivity index (χ1n) is 9.77. The van der Waals surface area contributed by atoms with Gasteiger partial charge in [-0.3, -0.25) is 0 Å². The zero-order chi connectivity index (χ0) is 15.6. The molecule has 0 aliphatic carbocycles. The first kappa shape index (κ1) is 21.0. The van der Waals surface area contributed by atoms with Crippen LogP contribution in [0.3, 0.4) is 0 Å². The molecular weight excluding hydrogens is 254 g/mol. The van der Waals surface area contributed by atoms with Crippen molar-refractivity contribution in [2.45, 2.75) is 110 Å². The van der Waals surface area contributed by atoms with Crippen LogP contribution in [0.25, 0.3) is 0 Å². The van der Waals surface area contributed by atoms with E-state index in [0.29, 0.717) is 0 Å². The molecule has 1 radical (unpaired) electrons. The molecule has 127 valence electrons. The summed E-state index contributed by atoms with van der Waals surface area (Å²) in [5, 5.41) is 0. The highest BCUT2D eigenvalue weighted by Gasteiger charge is 1.95. The van der Waals surface area contributed by atoms with Crippen LogP contribution in [0.15, 0.2) is 0 Å². The lowest BCUT2D eigenvalue weighted by atomic mass is 10.0. The molecule has 1 heteroatoms. The van der Waals surface area contributed by atoms with Crippen LogP contribution < -0.4 is 0 Å². The van der Waals surface area contributed by atoms with E-state index < -0.39 is 0 Å². The maximum atomic E-state index is 2.29. The van der Waals surface area contributed by atoms with Gasteiger partial charge in [0.1, 0.15) is 0 Å². The summed E-state index contributed by atoms with van der Waals surface area (Å²) in [5.41, 5.74) is 0. The quantitative estimate of drug-likeness (QED) is 0.262. The van der Waals surface area contributed by atoms with E-state index >= 15 is 0 Å². The number of rotatable bonds is 17. The fraction of sp³-hybridized carbons (Fsp3) is 0.950. The molecule has 0 spiro atoms. The highest BCUT2D eigenvalue weighted by Crippen LogP contribution is 2.13. The predicted octanol–water partition coefficient (Wildman–Crippen LogP) is 6.97. The molecule has 0 N–H and O–H groups in total. The van der Waals surface area contributed by atoms with Crippen LogP contribution in [0.2, 0.25) is 0 Å². The summed E-state index contributed by atoms with van der Waals surface area (Å²) >= 11 is 0. The van der Waals surface area contributed by atoms with E-state index in [2.05, 4.69) is 32.5 Å². The molecule has 0 aliphatic rings. The molecule has 0 aromatic heterocycles. The summed E-state index contributed by atoms with van der Waals surface area (Å²) in [4.78, 5) is 2.17. The number of hydrogen-bond donors (Lipinski definition) is 0. The fourth-order valence-electron chi connectivity index (χ4n) is 2.87. The Morgan fingerprint density at radius 2 is 0.857 bits per heavy atom. The summed E-state index contributed by atoms with van der Waals surface area (Å²) < 4.78 is 0. The molecule has 0 saturated carbocycles. The Labute approximate surface area is 135 Å². The van der Waals surface area contributed by atoms with Gasteiger partial charge in [-0.2, -0.15) is 0 Å². The lowest BCUT2D eigenvalue weighted by Crippen LogP contribution is -2.06. The van der Waals surface area contributed by atoms with Crippen LogP contribution in [0.5, 0.6) is 0 Å². The van der Waals surface area contributed by atoms with Crippen LogP contribution in [0, 0.1) is 6.54 Å². The van der Waals surface area contributed by atoms with E-state index in [1.807, 2.05) is 0 Å². The average Bonchev–Trinajstić information content (AvgIpc) is 2.46. The van der Waals surface area contributed by atoms with Gasteiger partial charge in [-0.15, -0.1) is 0 Å². The third-order valence-corrected chi connectivity index (χ3v) is 4.30. The van der Waals surface area contributed by atoms with Crippen molar-refractivity contribution in [1.82, 2.24) is 4.90 Å². The minimum Gasteiger partial charge on any atom is -0.305 e. The van der Waals surface area contributed by atoms with E-state index in [1.165, 1.54) is 103 Å². The lowest BCUT2D eigenvalue weighted by molar-refractivity contribution is 0.461. The molecule has 0 aliphatic heterocycles. The van der Waals surface area contributed by atoms with Crippen molar-refractivity contribution < 1.29 is 0 Å². The third kappa shape index (κ3) is 20.0. The first-order chi connectivity index (χ1) is 10.3. The van der Waals surface area contributed by atoms with Crippen molar-refractivity contribution in [3.8, 4) is 0 Å². The van der Waals surface area contributed by atoms with Crippen molar-refractivity contribution in [2.24, 2.45) is 0 Å². The van der Waals surface area contributed by atoms with E-state index in [0.717, 1.165) is 0 Å². The Hall–Kier alpha value is -0.0400. The van der Waals surface area contributed by atoms with Gasteiger partial charge >= 0.3 is 0 Å². The molecule has 21 heavy (non-hydrogen) atoms. The summed E-state index contributed by atoms with van der Waals surface area (Å²) in [6, 6.07) is 0. The Morgan fingerprint density at radius 3 is 1.19 bits per heavy atom. The maximum Gasteiger partial charge on any atom is 0.0245 e. The molecule has 0 fully saturated rings. The van der Waals surface area contributed by atoms with Crippen LogP contribution in [0.1, 0.15) is 110 Å². The maximum absolute atomic E-state index is 2.29. The summed E-state index contributed by atoms with van der Waals surface area (Å²) in [7, 11) is 4.23. The SMILES string of the molecule is CCCCCCCCCCCCCCCCC[CH]N(C)C. The highest BCUT2D eigenvalue weighted by molar-refractivity contribution is 4.60. The average molecular weight is 297 g/mol. The van der Waals surface area contributed by atoms with E-state index in [-0.39, 0.29) is 0 Å². The van der Waals surface area contributed by atoms with E-state index in [1.54, 1.807) is 0 Å². The van der Waals surface area contributed by atoms with Gasteiger partial charge in [-0.25, -0.2) is 0 Å². The summed E-state index contributed by atoms with van der Waals surface area (Å²) in [6.07, 6.45) is 23.0. The first-order valence-corrected chi connectivity index (χ1v) is 9.77. The number of unbranched alkanes of at least 4 members (excludes halogenated alkanes) is 15. The molecule has 0 aromatic rings. The zero-order valence-corrected chi connectivity index (χ0v) is 15.3. The number of nitrogens with zero attached hydrogens (tertiary/aromatic N) is 1. The van der Waals surface area contributed by atoms with Gasteiger partial charge in [-0.05, 0) is 20.5 Å². The van der Waals surface area contributed by atoms with Crippen molar-refractivity contribution in [1.29, 1.82) is 0 Å². The molecule has 1 nitrogen and oxygen atoms in total. The second-order valence-corrected chi connectivity index (χ2v) is 6.88. The molecule has 0 bridgehead atoms. The topological polar surface area (TPSA) is 3.24 Å². The highest BCUT2D eigenvalue weighted by atomic mass is 15.0. The van der Waals surface area contributed by atoms with Crippen molar-refractivity contribution in [2.75, 3.05) is 14.1 Å². The molecule has 0 atom stereocenters. The van der Waals surface area contributed by atoms with Gasteiger partial charge in [0.25, 0.3) is 0 Å². The Kier molecular flexibility index (Phi) is 18.0. The van der Waals surface area contributed by atoms with Gasteiger partial charge in [0.2, 0.25) is 0 Å². The fourth-order valence-corrected chi connectivity index (χ4v) is 2.87. The van der Waals surface area contributed by atoms with Gasteiger partial charge in [0.05, 0.1) is 0 Å². The largest absolute Gasteiger partial charge is 0.305 e. The molecular formula is C20H42N. The van der Waals surface area contributed by atoms with Crippen LogP contribution in [0.4, 0.5) is 0 Å². The van der Waals surface area contributed by atoms with Crippen molar-refractivity contribution >= 4 is 0 Å². The second kappa shape index (κ2) is 18.0. The van der Waals surface area contributed by atoms with Gasteiger partial charge in [0.15, 0.2) is 0 Å². The predicted molar refractivity (Wildman–Crippen MR) is 97.5 cm³/mol. The van der Waals surface area contributed by atoms with Crippen molar-refractivity contribution in [3.63, 3.8) is 0 Å². The van der Waals surface area contributed by atoms with Crippen LogP contribution >= 0.6 is 0 Å². The monoisotopic (exact) mass is 296 g/mol. The normalized spacial score (nSPS) is 11.4. The third-order valence-electron chi connectivity index (χ3n) is 4.30. The van der Waals surface area contributed by atoms with Crippen molar-refractivity contribution in [3.05, 3.63) is 6.54 Å². The Morgan fingerprint density at radius 1 is 0.524 bits per heavy atom. The minimum atomic E-state index is 1.26. The summed E-state index contributed by atoms with van der Waals surface area (Å²) in [6.45, 7) is 4.59. The Balaban J connectivity index is 2.93. The second-order valence-electron chi connectivity index (χ2n) is 6.88. The zero-order valence-electron chi connectivity index (χ0n) is 15.3. The lowest BCUT2D eigenvalue weighted by Gasteiger charge is -2.07. The molecule has 0 unspecified atom stereocenters. The van der Waals surface area contributed by atoms with Crippen LogP contribution in [-0.2, 0) is 0 Å². The molecule has 0 aromatic carbocycles. The van der Waals surface area contributed by atoms with E-state index in [4.69, 9.17) is 0 Å². The Bertz CT molecular complexity index is 177. The smallest absolute Gasteiger partial charge is 0.0245 e. The van der Waals surface area contributed by atoms with Gasteiger partial charge < -0.3 is 4.90 Å². The molecule has 0 amide bonds. The molecule has 0 rings (SSSR count). The standard InChI is InChI=1S/C20H42N/c1-4-5-6-7-8-9-10-11-12-13-14-15-16-17-18-19-20-21(2)3/h20H,4-19H2,1-3H3. The molecule has 0 heterocycles. The van der Waals surface area contributed by atoms with Gasteiger partial charge in [-0.1, -0.05) is 103 Å². The number of hydrogen-bond acceptors (Lipinski definition) is 1. The van der Waals surface area contributed by atoms with Gasteiger partial charge in [0, 0.05) is 6.54 Å².